The van der Waals surface area contributed by atoms with Gasteiger partial charge in [0.1, 0.15) is 4.90 Å². The first-order valence-corrected chi connectivity index (χ1v) is 7.58. The summed E-state index contributed by atoms with van der Waals surface area (Å²) in [7, 11) is -3.44. The Bertz CT molecular complexity index is 521. The summed E-state index contributed by atoms with van der Waals surface area (Å²) in [4.78, 5) is 0.224. The van der Waals surface area contributed by atoms with Crippen LogP contribution in [-0.4, -0.2) is 30.8 Å². The zero-order valence-corrected chi connectivity index (χ0v) is 11.6. The SMILES string of the molecule is CC1(C)CC1NS(=O)(=O)c1cnn(CCCN)c1. The number of hydrogen-bond donors (Lipinski definition) is 2. The van der Waals surface area contributed by atoms with Crippen molar-refractivity contribution in [2.45, 2.75) is 44.2 Å². The Morgan fingerprint density at radius 2 is 2.28 bits per heavy atom. The van der Waals surface area contributed by atoms with E-state index in [4.69, 9.17) is 5.73 Å². The van der Waals surface area contributed by atoms with Crippen LogP contribution in [0.1, 0.15) is 26.7 Å². The van der Waals surface area contributed by atoms with Crippen molar-refractivity contribution in [3.8, 4) is 0 Å². The smallest absolute Gasteiger partial charge is 0.243 e. The van der Waals surface area contributed by atoms with E-state index in [1.54, 1.807) is 10.9 Å². The van der Waals surface area contributed by atoms with Gasteiger partial charge in [-0.05, 0) is 24.8 Å². The van der Waals surface area contributed by atoms with E-state index >= 15 is 0 Å². The predicted molar refractivity (Wildman–Crippen MR) is 68.4 cm³/mol. The molecule has 0 aromatic carbocycles. The highest BCUT2D eigenvalue weighted by Gasteiger charge is 2.48. The summed E-state index contributed by atoms with van der Waals surface area (Å²) in [6, 6.07) is 0.0369. The lowest BCUT2D eigenvalue weighted by Crippen LogP contribution is -2.28. The second-order valence-corrected chi connectivity index (χ2v) is 7.16. The topological polar surface area (TPSA) is 90.0 Å². The molecule has 1 unspecified atom stereocenters. The Morgan fingerprint density at radius 1 is 1.61 bits per heavy atom. The quantitative estimate of drug-likeness (QED) is 0.780. The van der Waals surface area contributed by atoms with Gasteiger partial charge in [-0.3, -0.25) is 4.68 Å². The largest absolute Gasteiger partial charge is 0.330 e. The minimum Gasteiger partial charge on any atom is -0.330 e. The first kappa shape index (κ1) is 13.5. The molecule has 6 nitrogen and oxygen atoms in total. The van der Waals surface area contributed by atoms with Crippen LogP contribution in [0.4, 0.5) is 0 Å². The molecule has 0 spiro atoms. The summed E-state index contributed by atoms with van der Waals surface area (Å²) in [6.45, 7) is 5.30. The summed E-state index contributed by atoms with van der Waals surface area (Å²) in [5, 5.41) is 4.03. The summed E-state index contributed by atoms with van der Waals surface area (Å²) in [6.07, 6.45) is 4.60. The zero-order valence-electron chi connectivity index (χ0n) is 10.8. The van der Waals surface area contributed by atoms with E-state index in [-0.39, 0.29) is 16.4 Å². The van der Waals surface area contributed by atoms with Gasteiger partial charge < -0.3 is 5.73 Å². The Kier molecular flexibility index (Phi) is 3.48. The molecule has 1 fully saturated rings. The van der Waals surface area contributed by atoms with E-state index in [9.17, 15) is 8.42 Å². The van der Waals surface area contributed by atoms with Crippen molar-refractivity contribution < 1.29 is 8.42 Å². The Morgan fingerprint density at radius 3 is 2.83 bits per heavy atom. The van der Waals surface area contributed by atoms with Gasteiger partial charge in [-0.2, -0.15) is 5.10 Å². The average molecular weight is 272 g/mol. The van der Waals surface area contributed by atoms with Crippen LogP contribution in [-0.2, 0) is 16.6 Å². The van der Waals surface area contributed by atoms with Gasteiger partial charge in [0.25, 0.3) is 0 Å². The molecule has 7 heteroatoms. The highest BCUT2D eigenvalue weighted by atomic mass is 32.2. The third-order valence-corrected chi connectivity index (χ3v) is 4.75. The molecule has 1 heterocycles. The van der Waals surface area contributed by atoms with Crippen molar-refractivity contribution in [3.05, 3.63) is 12.4 Å². The van der Waals surface area contributed by atoms with Gasteiger partial charge in [0.15, 0.2) is 0 Å². The first-order valence-electron chi connectivity index (χ1n) is 6.10. The van der Waals surface area contributed by atoms with Gasteiger partial charge in [-0.15, -0.1) is 0 Å². The lowest BCUT2D eigenvalue weighted by Gasteiger charge is -2.05. The van der Waals surface area contributed by atoms with E-state index in [0.717, 1.165) is 12.8 Å². The number of aromatic nitrogens is 2. The normalized spacial score (nSPS) is 22.1. The second-order valence-electron chi connectivity index (χ2n) is 5.45. The van der Waals surface area contributed by atoms with Gasteiger partial charge in [-0.25, -0.2) is 13.1 Å². The number of nitrogens with zero attached hydrogens (tertiary/aromatic N) is 2. The Hall–Kier alpha value is -0.920. The maximum atomic E-state index is 12.1. The molecule has 1 saturated carbocycles. The molecule has 0 bridgehead atoms. The van der Waals surface area contributed by atoms with Gasteiger partial charge in [0.05, 0.1) is 6.20 Å². The van der Waals surface area contributed by atoms with Crippen molar-refractivity contribution >= 4 is 10.0 Å². The number of rotatable bonds is 6. The molecule has 1 aliphatic carbocycles. The van der Waals surface area contributed by atoms with Crippen LogP contribution in [0.2, 0.25) is 0 Å². The van der Waals surface area contributed by atoms with E-state index in [2.05, 4.69) is 9.82 Å². The molecule has 0 amide bonds. The third kappa shape index (κ3) is 2.90. The van der Waals surface area contributed by atoms with Crippen LogP contribution in [0, 0.1) is 5.41 Å². The van der Waals surface area contributed by atoms with Crippen molar-refractivity contribution in [1.29, 1.82) is 0 Å². The zero-order chi connectivity index (χ0) is 13.4. The second kappa shape index (κ2) is 4.64. The lowest BCUT2D eigenvalue weighted by molar-refractivity contribution is 0.554. The Balaban J connectivity index is 2.03. The number of nitrogens with one attached hydrogen (secondary N) is 1. The molecule has 102 valence electrons. The molecule has 3 N–H and O–H groups in total. The number of nitrogens with two attached hydrogens (primary N) is 1. The van der Waals surface area contributed by atoms with Gasteiger partial charge in [0, 0.05) is 18.8 Å². The average Bonchev–Trinajstić information content (AvgIpc) is 2.71. The van der Waals surface area contributed by atoms with Crippen molar-refractivity contribution in [1.82, 2.24) is 14.5 Å². The molecule has 2 rings (SSSR count). The van der Waals surface area contributed by atoms with Crippen LogP contribution in [0.15, 0.2) is 17.3 Å². The van der Waals surface area contributed by atoms with E-state index in [1.165, 1.54) is 6.20 Å². The molecule has 0 aliphatic heterocycles. The van der Waals surface area contributed by atoms with Crippen LogP contribution in [0.5, 0.6) is 0 Å². The van der Waals surface area contributed by atoms with Crippen LogP contribution < -0.4 is 10.5 Å². The Labute approximate surface area is 108 Å². The van der Waals surface area contributed by atoms with Crippen molar-refractivity contribution in [3.63, 3.8) is 0 Å². The molecule has 18 heavy (non-hydrogen) atoms. The monoisotopic (exact) mass is 272 g/mol. The predicted octanol–water partition coefficient (Wildman–Crippen LogP) is 0.309. The van der Waals surface area contributed by atoms with E-state index in [1.807, 2.05) is 13.8 Å². The minimum atomic E-state index is -3.44. The third-order valence-electron chi connectivity index (χ3n) is 3.32. The number of aryl methyl sites for hydroxylation is 1. The minimum absolute atomic E-state index is 0.0369. The summed E-state index contributed by atoms with van der Waals surface area (Å²) >= 11 is 0. The summed E-state index contributed by atoms with van der Waals surface area (Å²) in [5.41, 5.74) is 5.47. The fourth-order valence-electron chi connectivity index (χ4n) is 1.78. The van der Waals surface area contributed by atoms with E-state index < -0.39 is 10.0 Å². The molecule has 1 atom stereocenters. The lowest BCUT2D eigenvalue weighted by atomic mass is 10.2. The van der Waals surface area contributed by atoms with E-state index in [0.29, 0.717) is 13.1 Å². The number of hydrogen-bond acceptors (Lipinski definition) is 4. The number of sulfonamides is 1. The molecule has 1 aromatic rings. The molecular weight excluding hydrogens is 252 g/mol. The molecule has 1 aliphatic rings. The standard InChI is InChI=1S/C11H20N4O2S/c1-11(2)6-10(11)14-18(16,17)9-7-13-15(8-9)5-3-4-12/h7-8,10,14H,3-6,12H2,1-2H3. The highest BCUT2D eigenvalue weighted by Crippen LogP contribution is 2.45. The fourth-order valence-corrected chi connectivity index (χ4v) is 3.14. The fraction of sp³-hybridized carbons (Fsp3) is 0.727. The van der Waals surface area contributed by atoms with Gasteiger partial charge in [0.2, 0.25) is 10.0 Å². The molecule has 1 aromatic heterocycles. The van der Waals surface area contributed by atoms with Crippen LogP contribution in [0.25, 0.3) is 0 Å². The maximum Gasteiger partial charge on any atom is 0.243 e. The molecule has 0 saturated heterocycles. The first-order chi connectivity index (χ1) is 8.35. The molecule has 0 radical (unpaired) electrons. The van der Waals surface area contributed by atoms with Crippen LogP contribution in [0.3, 0.4) is 0 Å². The van der Waals surface area contributed by atoms with Crippen molar-refractivity contribution in [2.75, 3.05) is 6.54 Å². The molecular formula is C11H20N4O2S. The summed E-state index contributed by atoms with van der Waals surface area (Å²) in [5.74, 6) is 0. The van der Waals surface area contributed by atoms with Gasteiger partial charge in [-0.1, -0.05) is 13.8 Å². The highest BCUT2D eigenvalue weighted by molar-refractivity contribution is 7.89. The van der Waals surface area contributed by atoms with Gasteiger partial charge >= 0.3 is 0 Å². The van der Waals surface area contributed by atoms with Crippen molar-refractivity contribution in [2.24, 2.45) is 11.1 Å². The van der Waals surface area contributed by atoms with Crippen LogP contribution >= 0.6 is 0 Å². The summed E-state index contributed by atoms with van der Waals surface area (Å²) < 4.78 is 28.4. The maximum absolute atomic E-state index is 12.1.